The van der Waals surface area contributed by atoms with Crippen LogP contribution in [0.3, 0.4) is 0 Å². The highest BCUT2D eigenvalue weighted by Crippen LogP contribution is 2.44. The predicted octanol–water partition coefficient (Wildman–Crippen LogP) is 3.16. The molecule has 2 heterocycles. The number of urea groups is 1. The molecule has 3 atom stereocenters. The van der Waals surface area contributed by atoms with Gasteiger partial charge in [0.15, 0.2) is 5.78 Å². The Kier molecular flexibility index (Phi) is 4.53. The molecule has 1 saturated heterocycles. The van der Waals surface area contributed by atoms with Crippen LogP contribution in [0.15, 0.2) is 41.8 Å². The molecule has 3 rings (SSSR count). The maximum atomic E-state index is 13.7. The molecule has 0 bridgehead atoms. The summed E-state index contributed by atoms with van der Waals surface area (Å²) >= 11 is 1.09. The molecule has 0 aliphatic carbocycles. The number of carbonyl (C=O) groups is 2. The van der Waals surface area contributed by atoms with Gasteiger partial charge in [0.05, 0.1) is 6.04 Å². The molecule has 0 saturated carbocycles. The Morgan fingerprint density at radius 3 is 2.42 bits per heavy atom. The number of aliphatic hydroxyl groups is 1. The van der Waals surface area contributed by atoms with E-state index in [1.165, 1.54) is 23.5 Å². The number of benzene rings is 1. The maximum absolute atomic E-state index is 13.7. The summed E-state index contributed by atoms with van der Waals surface area (Å²) in [5.74, 6) is -2.91. The zero-order valence-electron chi connectivity index (χ0n) is 13.5. The lowest BCUT2D eigenvalue weighted by Crippen LogP contribution is -2.72. The third-order valence-corrected chi connectivity index (χ3v) is 5.23. The Morgan fingerprint density at radius 2 is 1.88 bits per heavy atom. The molecule has 1 aliphatic heterocycles. The van der Waals surface area contributed by atoms with Crippen molar-refractivity contribution in [1.82, 2.24) is 10.6 Å². The second kappa shape index (κ2) is 6.40. The highest BCUT2D eigenvalue weighted by atomic mass is 32.1. The van der Waals surface area contributed by atoms with E-state index in [0.717, 1.165) is 16.9 Å². The van der Waals surface area contributed by atoms with Crippen LogP contribution < -0.4 is 10.6 Å². The smallest absolute Gasteiger partial charge is 0.363 e. The fraction of sp³-hybridized carbons (Fsp3) is 0.294. The van der Waals surface area contributed by atoms with Crippen LogP contribution in [0, 0.1) is 12.8 Å². The lowest BCUT2D eigenvalue weighted by molar-refractivity contribution is -0.287. The van der Waals surface area contributed by atoms with Gasteiger partial charge in [0.1, 0.15) is 5.92 Å². The number of ketones is 1. The van der Waals surface area contributed by atoms with Crippen molar-refractivity contribution in [2.45, 2.75) is 24.9 Å². The number of amides is 2. The molecule has 9 heteroatoms. The van der Waals surface area contributed by atoms with Crippen molar-refractivity contribution in [2.24, 2.45) is 5.92 Å². The second-order valence-electron chi connectivity index (χ2n) is 6.06. The van der Waals surface area contributed by atoms with Gasteiger partial charge in [-0.1, -0.05) is 35.9 Å². The maximum Gasteiger partial charge on any atom is 0.437 e. The molecule has 5 nitrogen and oxygen atoms in total. The SMILES string of the molecule is Cc1ccc(C(=O)[C@@H]2[C@@H](c3cccs3)NC(=O)N[C@]2(O)C(F)(F)F)cc1. The zero-order valence-corrected chi connectivity index (χ0v) is 14.3. The van der Waals surface area contributed by atoms with Crippen LogP contribution in [0.5, 0.6) is 0 Å². The summed E-state index contributed by atoms with van der Waals surface area (Å²) in [5, 5.41) is 15.8. The third-order valence-electron chi connectivity index (χ3n) is 4.27. The minimum absolute atomic E-state index is 0.0165. The van der Waals surface area contributed by atoms with E-state index in [-0.39, 0.29) is 5.56 Å². The quantitative estimate of drug-likeness (QED) is 0.712. The van der Waals surface area contributed by atoms with Crippen molar-refractivity contribution in [3.8, 4) is 0 Å². The molecule has 138 valence electrons. The Hall–Kier alpha value is -2.39. The van der Waals surface area contributed by atoms with Crippen molar-refractivity contribution in [3.05, 3.63) is 57.8 Å². The number of hydrogen-bond acceptors (Lipinski definition) is 4. The first kappa shape index (κ1) is 18.4. The molecule has 26 heavy (non-hydrogen) atoms. The molecule has 3 N–H and O–H groups in total. The number of alkyl halides is 3. The Balaban J connectivity index is 2.13. The van der Waals surface area contributed by atoms with E-state index in [0.29, 0.717) is 4.88 Å². The topological polar surface area (TPSA) is 78.4 Å². The van der Waals surface area contributed by atoms with Crippen LogP contribution in [0.25, 0.3) is 0 Å². The van der Waals surface area contributed by atoms with Gasteiger partial charge in [-0.15, -0.1) is 11.3 Å². The van der Waals surface area contributed by atoms with E-state index >= 15 is 0 Å². The van der Waals surface area contributed by atoms with Crippen molar-refractivity contribution in [1.29, 1.82) is 0 Å². The van der Waals surface area contributed by atoms with E-state index < -0.39 is 35.7 Å². The van der Waals surface area contributed by atoms with E-state index in [1.807, 2.05) is 0 Å². The average molecular weight is 384 g/mol. The molecule has 0 radical (unpaired) electrons. The highest BCUT2D eigenvalue weighted by molar-refractivity contribution is 7.10. The number of Topliss-reactive ketones (excluding diaryl/α,β-unsaturated/α-hetero) is 1. The Labute approximate surface area is 150 Å². The summed E-state index contributed by atoms with van der Waals surface area (Å²) in [6.45, 7) is 1.77. The average Bonchev–Trinajstić information content (AvgIpc) is 3.07. The standard InChI is InChI=1S/C17H15F3N2O3S/c1-9-4-6-10(7-5-9)14(23)12-13(11-3-2-8-26-11)21-15(24)22-16(12,25)17(18,19)20/h2-8,12-13,25H,1H3,(H2,21,22,24)/t12-,13+,16+/m0/s1. The van der Waals surface area contributed by atoms with Gasteiger partial charge in [-0.05, 0) is 18.4 Å². The highest BCUT2D eigenvalue weighted by Gasteiger charge is 2.66. The van der Waals surface area contributed by atoms with Gasteiger partial charge < -0.3 is 15.7 Å². The molecule has 1 aromatic heterocycles. The van der Waals surface area contributed by atoms with Gasteiger partial charge in [-0.3, -0.25) is 4.79 Å². The van der Waals surface area contributed by atoms with Crippen molar-refractivity contribution in [2.75, 3.05) is 0 Å². The molecule has 2 aromatic rings. The minimum atomic E-state index is -5.24. The summed E-state index contributed by atoms with van der Waals surface area (Å²) in [6.07, 6.45) is -5.24. The molecular formula is C17H15F3N2O3S. The van der Waals surface area contributed by atoms with Crippen molar-refractivity contribution < 1.29 is 27.9 Å². The second-order valence-corrected chi connectivity index (χ2v) is 7.04. The summed E-state index contributed by atoms with van der Waals surface area (Å²) in [6, 6.07) is 6.57. The van der Waals surface area contributed by atoms with E-state index in [1.54, 1.807) is 30.5 Å². The number of halogens is 3. The van der Waals surface area contributed by atoms with Gasteiger partial charge >= 0.3 is 12.2 Å². The van der Waals surface area contributed by atoms with Gasteiger partial charge in [-0.2, -0.15) is 13.2 Å². The molecule has 1 aromatic carbocycles. The van der Waals surface area contributed by atoms with E-state index in [9.17, 15) is 27.9 Å². The van der Waals surface area contributed by atoms with Crippen LogP contribution in [-0.4, -0.2) is 28.8 Å². The van der Waals surface area contributed by atoms with Crippen LogP contribution in [0.2, 0.25) is 0 Å². The van der Waals surface area contributed by atoms with Crippen molar-refractivity contribution >= 4 is 23.2 Å². The zero-order chi connectivity index (χ0) is 19.1. The number of thiophene rings is 1. The van der Waals surface area contributed by atoms with Gasteiger partial charge in [0, 0.05) is 10.4 Å². The predicted molar refractivity (Wildman–Crippen MR) is 88.7 cm³/mol. The fourth-order valence-corrected chi connectivity index (χ4v) is 3.76. The number of nitrogens with one attached hydrogen (secondary N) is 2. The molecule has 0 spiro atoms. The van der Waals surface area contributed by atoms with E-state index in [4.69, 9.17) is 0 Å². The Bertz CT molecular complexity index is 821. The first-order valence-corrected chi connectivity index (χ1v) is 8.53. The van der Waals surface area contributed by atoms with Crippen LogP contribution in [-0.2, 0) is 0 Å². The summed E-state index contributed by atoms with van der Waals surface area (Å²) in [4.78, 5) is 25.1. The molecule has 2 amide bonds. The minimum Gasteiger partial charge on any atom is -0.363 e. The first-order chi connectivity index (χ1) is 12.1. The molecule has 1 aliphatic rings. The Morgan fingerprint density at radius 1 is 1.23 bits per heavy atom. The van der Waals surface area contributed by atoms with E-state index in [2.05, 4.69) is 5.32 Å². The lowest BCUT2D eigenvalue weighted by atomic mass is 9.79. The number of carbonyl (C=O) groups excluding carboxylic acids is 2. The normalized spacial score (nSPS) is 26.1. The van der Waals surface area contributed by atoms with Crippen molar-refractivity contribution in [3.63, 3.8) is 0 Å². The van der Waals surface area contributed by atoms with Gasteiger partial charge in [0.25, 0.3) is 0 Å². The summed E-state index contributed by atoms with van der Waals surface area (Å²) in [5.41, 5.74) is -2.84. The monoisotopic (exact) mass is 384 g/mol. The van der Waals surface area contributed by atoms with Crippen LogP contribution >= 0.6 is 11.3 Å². The largest absolute Gasteiger partial charge is 0.437 e. The molecular weight excluding hydrogens is 369 g/mol. The van der Waals surface area contributed by atoms with Crippen LogP contribution in [0.4, 0.5) is 18.0 Å². The van der Waals surface area contributed by atoms with Crippen LogP contribution in [0.1, 0.15) is 26.8 Å². The number of hydrogen-bond donors (Lipinski definition) is 3. The molecule has 1 fully saturated rings. The molecule has 0 unspecified atom stereocenters. The number of rotatable bonds is 3. The fourth-order valence-electron chi connectivity index (χ4n) is 2.94. The van der Waals surface area contributed by atoms with Gasteiger partial charge in [-0.25, -0.2) is 4.79 Å². The lowest BCUT2D eigenvalue weighted by Gasteiger charge is -2.44. The first-order valence-electron chi connectivity index (χ1n) is 7.65. The summed E-state index contributed by atoms with van der Waals surface area (Å²) < 4.78 is 41.0. The number of aryl methyl sites for hydroxylation is 1. The third kappa shape index (κ3) is 3.08. The summed E-state index contributed by atoms with van der Waals surface area (Å²) in [7, 11) is 0. The van der Waals surface area contributed by atoms with Gasteiger partial charge in [0.2, 0.25) is 5.72 Å².